The van der Waals surface area contributed by atoms with Crippen LogP contribution in [0.15, 0.2) is 48.5 Å². The molecule has 0 heterocycles. The van der Waals surface area contributed by atoms with E-state index in [-0.39, 0.29) is 18.2 Å². The Morgan fingerprint density at radius 1 is 1.00 bits per heavy atom. The van der Waals surface area contributed by atoms with Gasteiger partial charge in [-0.3, -0.25) is 0 Å². The van der Waals surface area contributed by atoms with Gasteiger partial charge in [-0.15, -0.1) is 0 Å². The molecule has 2 aromatic carbocycles. The number of carbonyl (C=O) groups is 1. The summed E-state index contributed by atoms with van der Waals surface area (Å²) >= 11 is 0. The molecule has 1 amide bonds. The summed E-state index contributed by atoms with van der Waals surface area (Å²) in [4.78, 5) is 18.1. The lowest BCUT2D eigenvalue weighted by Gasteiger charge is -2.39. The van der Waals surface area contributed by atoms with Crippen LogP contribution in [0.5, 0.6) is 5.75 Å². The minimum atomic E-state index is -1.97. The van der Waals surface area contributed by atoms with Crippen molar-refractivity contribution in [3.8, 4) is 5.75 Å². The average Bonchev–Trinajstić information content (AvgIpc) is 3.14. The van der Waals surface area contributed by atoms with Crippen LogP contribution in [0.4, 0.5) is 4.79 Å². The van der Waals surface area contributed by atoms with E-state index in [0.717, 1.165) is 56.1 Å². The zero-order valence-electron chi connectivity index (χ0n) is 26.9. The molecule has 1 aliphatic carbocycles. The summed E-state index contributed by atoms with van der Waals surface area (Å²) in [5, 5.41) is 0. The zero-order chi connectivity index (χ0) is 30.0. The number of rotatable bonds is 13. The summed E-state index contributed by atoms with van der Waals surface area (Å²) in [5.74, 6) is 0.818. The molecule has 3 rings (SSSR count). The highest BCUT2D eigenvalue weighted by Gasteiger charge is 2.37. The minimum absolute atomic E-state index is 0.0319. The van der Waals surface area contributed by atoms with Crippen LogP contribution in [0, 0.1) is 0 Å². The van der Waals surface area contributed by atoms with Gasteiger partial charge in [0.05, 0.1) is 12.6 Å². The van der Waals surface area contributed by atoms with E-state index in [1.54, 1.807) is 0 Å². The number of hydrogen-bond acceptors (Lipinski definition) is 5. The Kier molecular flexibility index (Phi) is 12.3. The molecule has 0 N–H and O–H groups in total. The number of carbonyl (C=O) groups excluding carboxylic acids is 1. The van der Waals surface area contributed by atoms with Crippen molar-refractivity contribution in [3.05, 3.63) is 65.2 Å². The lowest BCUT2D eigenvalue weighted by Crippen LogP contribution is -2.52. The fourth-order valence-corrected chi connectivity index (χ4v) is 8.67. The Labute approximate surface area is 250 Å². The van der Waals surface area contributed by atoms with E-state index >= 15 is 0 Å². The third kappa shape index (κ3) is 10.2. The van der Waals surface area contributed by atoms with Gasteiger partial charge in [0.1, 0.15) is 18.0 Å². The Balaban J connectivity index is 1.93. The van der Waals surface area contributed by atoms with E-state index in [4.69, 9.17) is 13.9 Å². The number of nitrogens with zero attached hydrogens (tertiary/aromatic N) is 2. The van der Waals surface area contributed by atoms with Crippen molar-refractivity contribution in [2.45, 2.75) is 110 Å². The van der Waals surface area contributed by atoms with Crippen LogP contribution in [0.2, 0.25) is 18.1 Å². The fraction of sp³-hybridized carbons (Fsp3) is 0.618. The average molecular weight is 583 g/mol. The zero-order valence-corrected chi connectivity index (χ0v) is 27.9. The molecule has 6 nitrogen and oxygen atoms in total. The molecule has 0 aliphatic heterocycles. The predicted molar refractivity (Wildman–Crippen MR) is 171 cm³/mol. The highest BCUT2D eigenvalue weighted by atomic mass is 28.4. The Bertz CT molecular complexity index is 1070. The number of ether oxygens (including phenoxy) is 2. The summed E-state index contributed by atoms with van der Waals surface area (Å²) in [6.07, 6.45) is 3.32. The molecule has 0 radical (unpaired) electrons. The summed E-state index contributed by atoms with van der Waals surface area (Å²) in [7, 11) is 2.23. The highest BCUT2D eigenvalue weighted by Crippen LogP contribution is 2.29. The van der Waals surface area contributed by atoms with Gasteiger partial charge < -0.3 is 23.7 Å². The number of benzene rings is 2. The first-order chi connectivity index (χ1) is 19.5. The van der Waals surface area contributed by atoms with Gasteiger partial charge in [-0.05, 0) is 108 Å². The van der Waals surface area contributed by atoms with Crippen LogP contribution >= 0.6 is 0 Å². The van der Waals surface area contributed by atoms with E-state index in [0.29, 0.717) is 13.2 Å². The van der Waals surface area contributed by atoms with Crippen molar-refractivity contribution >= 4 is 14.4 Å². The molecule has 0 fully saturated rings. The quantitative estimate of drug-likeness (QED) is 0.179. The summed E-state index contributed by atoms with van der Waals surface area (Å²) in [5.41, 5.74) is 3.47. The SMILES string of the molecule is CC[Si](CC)(CC)O[C@H](COc1ccccc1)CN(C(=O)OC(C)(C)C)C1CCCc2ccc(CN(C)C)cc2C1. The lowest BCUT2D eigenvalue weighted by atomic mass is 9.98. The minimum Gasteiger partial charge on any atom is -0.491 e. The van der Waals surface area contributed by atoms with Gasteiger partial charge in [-0.2, -0.15) is 0 Å². The Morgan fingerprint density at radius 3 is 2.29 bits per heavy atom. The summed E-state index contributed by atoms with van der Waals surface area (Å²) in [6.45, 7) is 14.3. The van der Waals surface area contributed by atoms with Crippen LogP contribution in [-0.4, -0.2) is 69.2 Å². The molecule has 0 aromatic heterocycles. The van der Waals surface area contributed by atoms with Crippen LogP contribution < -0.4 is 4.74 Å². The fourth-order valence-electron chi connectivity index (χ4n) is 5.82. The largest absolute Gasteiger partial charge is 0.491 e. The number of amides is 1. The molecule has 1 unspecified atom stereocenters. The molecule has 41 heavy (non-hydrogen) atoms. The molecule has 2 aromatic rings. The first kappa shape index (κ1) is 33.2. The maximum Gasteiger partial charge on any atom is 0.410 e. The van der Waals surface area contributed by atoms with Crippen molar-refractivity contribution in [3.63, 3.8) is 0 Å². The monoisotopic (exact) mass is 582 g/mol. The first-order valence-corrected chi connectivity index (χ1v) is 18.1. The molecule has 0 saturated heterocycles. The standard InChI is InChI=1S/C34H54N2O4Si/c1-9-41(10-2,11-3)40-32(26-38-31-18-13-12-14-19-31)25-36(33(37)39-34(4,5)6)30-17-15-16-28-21-20-27(24-35(7)8)22-29(28)23-30/h12-14,18-22,30,32H,9-11,15-17,23-26H2,1-8H3/t30?,32-/m0/s1. The number of fused-ring (bicyclic) bond motifs is 1. The third-order valence-corrected chi connectivity index (χ3v) is 12.9. The summed E-state index contributed by atoms with van der Waals surface area (Å²) < 4.78 is 19.3. The molecular formula is C34H54N2O4Si. The van der Waals surface area contributed by atoms with Crippen molar-refractivity contribution in [1.82, 2.24) is 9.80 Å². The van der Waals surface area contributed by atoms with E-state index in [9.17, 15) is 4.79 Å². The van der Waals surface area contributed by atoms with E-state index in [2.05, 4.69) is 58.0 Å². The smallest absolute Gasteiger partial charge is 0.410 e. The highest BCUT2D eigenvalue weighted by molar-refractivity contribution is 6.73. The van der Waals surface area contributed by atoms with Gasteiger partial charge >= 0.3 is 6.09 Å². The van der Waals surface area contributed by atoms with Crippen LogP contribution in [0.3, 0.4) is 0 Å². The second kappa shape index (κ2) is 15.2. The molecule has 0 saturated carbocycles. The van der Waals surface area contributed by atoms with Crippen LogP contribution in [0.1, 0.15) is 71.1 Å². The van der Waals surface area contributed by atoms with E-state index in [1.165, 1.54) is 16.7 Å². The summed E-state index contributed by atoms with van der Waals surface area (Å²) in [6, 6.07) is 19.9. The Morgan fingerprint density at radius 2 is 1.68 bits per heavy atom. The molecule has 0 spiro atoms. The molecule has 0 bridgehead atoms. The van der Waals surface area contributed by atoms with Gasteiger partial charge in [0.25, 0.3) is 0 Å². The van der Waals surface area contributed by atoms with E-state index < -0.39 is 13.9 Å². The van der Waals surface area contributed by atoms with Crippen LogP contribution in [0.25, 0.3) is 0 Å². The third-order valence-electron chi connectivity index (χ3n) is 8.21. The second-order valence-corrected chi connectivity index (χ2v) is 17.6. The topological polar surface area (TPSA) is 51.2 Å². The van der Waals surface area contributed by atoms with Crippen molar-refractivity contribution in [2.24, 2.45) is 0 Å². The first-order valence-electron chi connectivity index (χ1n) is 15.6. The lowest BCUT2D eigenvalue weighted by molar-refractivity contribution is -0.000470. The molecule has 7 heteroatoms. The molecule has 228 valence electrons. The molecule has 2 atom stereocenters. The predicted octanol–water partition coefficient (Wildman–Crippen LogP) is 7.70. The normalized spacial score (nSPS) is 16.6. The Hall–Kier alpha value is -2.35. The van der Waals surface area contributed by atoms with Gasteiger partial charge in [-0.1, -0.05) is 57.2 Å². The molecular weight excluding hydrogens is 528 g/mol. The number of para-hydroxylation sites is 1. The maximum atomic E-state index is 13.9. The second-order valence-electron chi connectivity index (χ2n) is 12.8. The van der Waals surface area contributed by atoms with Crippen molar-refractivity contribution in [2.75, 3.05) is 27.2 Å². The van der Waals surface area contributed by atoms with Gasteiger partial charge in [0, 0.05) is 12.6 Å². The maximum absolute atomic E-state index is 13.9. The van der Waals surface area contributed by atoms with Gasteiger partial charge in [0.2, 0.25) is 0 Å². The van der Waals surface area contributed by atoms with Crippen molar-refractivity contribution in [1.29, 1.82) is 0 Å². The van der Waals surface area contributed by atoms with Gasteiger partial charge in [0.15, 0.2) is 8.32 Å². The van der Waals surface area contributed by atoms with Gasteiger partial charge in [-0.25, -0.2) is 4.79 Å². The van der Waals surface area contributed by atoms with Crippen molar-refractivity contribution < 1.29 is 18.7 Å². The van der Waals surface area contributed by atoms with Crippen LogP contribution in [-0.2, 0) is 28.5 Å². The van der Waals surface area contributed by atoms with E-state index in [1.807, 2.05) is 56.0 Å². The number of hydrogen-bond donors (Lipinski definition) is 0. The number of aryl methyl sites for hydroxylation is 1. The molecule has 1 aliphatic rings.